The highest BCUT2D eigenvalue weighted by molar-refractivity contribution is 5.11. The summed E-state index contributed by atoms with van der Waals surface area (Å²) in [7, 11) is 0. The first-order chi connectivity index (χ1) is 8.69. The first-order valence-corrected chi connectivity index (χ1v) is 6.95. The van der Waals surface area contributed by atoms with Crippen LogP contribution in [0.15, 0.2) is 6.20 Å². The molecule has 0 saturated carbocycles. The van der Waals surface area contributed by atoms with Gasteiger partial charge in [0, 0.05) is 30.7 Å². The van der Waals surface area contributed by atoms with Gasteiger partial charge in [-0.05, 0) is 39.2 Å². The molecule has 0 radical (unpaired) electrons. The lowest BCUT2D eigenvalue weighted by molar-refractivity contribution is 0.00184. The van der Waals surface area contributed by atoms with Gasteiger partial charge >= 0.3 is 0 Å². The molecule has 0 spiro atoms. The van der Waals surface area contributed by atoms with Gasteiger partial charge in [0.2, 0.25) is 0 Å². The number of rotatable bonds is 3. The second-order valence-electron chi connectivity index (χ2n) is 5.94. The van der Waals surface area contributed by atoms with Crippen molar-refractivity contribution in [3.63, 3.8) is 0 Å². The maximum Gasteiger partial charge on any atom is 0.0873 e. The maximum atomic E-state index is 9.37. The number of hydrogen-bond acceptors (Lipinski definition) is 4. The third-order valence-corrected chi connectivity index (χ3v) is 4.53. The summed E-state index contributed by atoms with van der Waals surface area (Å²) in [5.74, 6) is 1.18. The monoisotopic (exact) mass is 250 g/mol. The van der Waals surface area contributed by atoms with E-state index in [1.54, 1.807) is 0 Å². The van der Waals surface area contributed by atoms with Gasteiger partial charge in [0.15, 0.2) is 0 Å². The maximum absolute atomic E-state index is 9.37. The van der Waals surface area contributed by atoms with E-state index in [0.717, 1.165) is 25.2 Å². The Morgan fingerprint density at radius 2 is 2.33 bits per heavy atom. The van der Waals surface area contributed by atoms with Crippen LogP contribution in [-0.4, -0.2) is 50.7 Å². The van der Waals surface area contributed by atoms with Crippen molar-refractivity contribution in [1.82, 2.24) is 19.9 Å². The van der Waals surface area contributed by atoms with Crippen molar-refractivity contribution in [3.8, 4) is 0 Å². The molecule has 1 aromatic rings. The molecular weight excluding hydrogens is 228 g/mol. The van der Waals surface area contributed by atoms with Crippen LogP contribution in [0.4, 0.5) is 0 Å². The molecular formula is C13H22N4O. The Morgan fingerprint density at radius 3 is 2.89 bits per heavy atom. The van der Waals surface area contributed by atoms with Gasteiger partial charge in [-0.15, -0.1) is 5.10 Å². The fourth-order valence-corrected chi connectivity index (χ4v) is 3.38. The highest BCUT2D eigenvalue weighted by atomic mass is 16.3. The minimum Gasteiger partial charge on any atom is -0.395 e. The molecule has 3 aliphatic heterocycles. The molecule has 4 rings (SSSR count). The average molecular weight is 250 g/mol. The number of nitrogens with zero attached hydrogens (tertiary/aromatic N) is 4. The normalized spacial score (nSPS) is 35.3. The highest BCUT2D eigenvalue weighted by Gasteiger charge is 2.41. The second-order valence-corrected chi connectivity index (χ2v) is 5.94. The van der Waals surface area contributed by atoms with Crippen molar-refractivity contribution in [2.45, 2.75) is 44.7 Å². The summed E-state index contributed by atoms with van der Waals surface area (Å²) in [4.78, 5) is 2.42. The van der Waals surface area contributed by atoms with Crippen molar-refractivity contribution in [1.29, 1.82) is 0 Å². The van der Waals surface area contributed by atoms with Crippen LogP contribution in [0.25, 0.3) is 0 Å². The summed E-state index contributed by atoms with van der Waals surface area (Å²) in [5, 5.41) is 17.9. The average Bonchev–Trinajstić information content (AvgIpc) is 2.88. The molecule has 5 heteroatoms. The fraction of sp³-hybridized carbons (Fsp3) is 0.846. The zero-order chi connectivity index (χ0) is 12.7. The number of aliphatic hydroxyl groups excluding tert-OH is 1. The Hall–Kier alpha value is -0.940. The molecule has 4 unspecified atom stereocenters. The molecule has 0 aromatic carbocycles. The first kappa shape index (κ1) is 12.1. The van der Waals surface area contributed by atoms with Crippen molar-refractivity contribution in [2.75, 3.05) is 19.7 Å². The zero-order valence-corrected chi connectivity index (χ0v) is 11.2. The van der Waals surface area contributed by atoms with Gasteiger partial charge in [-0.3, -0.25) is 4.90 Å². The number of aromatic nitrogens is 3. The number of aliphatic hydroxyl groups is 1. The highest BCUT2D eigenvalue weighted by Crippen LogP contribution is 2.40. The van der Waals surface area contributed by atoms with E-state index in [0.29, 0.717) is 30.5 Å². The number of piperidine rings is 3. The van der Waals surface area contributed by atoms with E-state index < -0.39 is 0 Å². The first-order valence-electron chi connectivity index (χ1n) is 6.95. The SMILES string of the molecule is CC(C)n1cc(C2CN3CCC2CC3CO)nn1. The Labute approximate surface area is 108 Å². The second kappa shape index (κ2) is 4.63. The Bertz CT molecular complexity index is 417. The summed E-state index contributed by atoms with van der Waals surface area (Å²) in [5.41, 5.74) is 1.13. The Kier molecular flexibility index (Phi) is 3.11. The molecule has 1 aromatic heterocycles. The predicted molar refractivity (Wildman–Crippen MR) is 68.3 cm³/mol. The van der Waals surface area contributed by atoms with Crippen LogP contribution in [0, 0.1) is 5.92 Å². The quantitative estimate of drug-likeness (QED) is 0.870. The molecule has 0 amide bonds. The molecule has 3 saturated heterocycles. The number of fused-ring (bicyclic) bond motifs is 3. The van der Waals surface area contributed by atoms with Gasteiger partial charge in [0.25, 0.3) is 0 Å². The standard InChI is InChI=1S/C13H22N4O/c1-9(2)17-7-13(14-15-17)12-6-16-4-3-10(12)5-11(16)8-18/h7,9-12,18H,3-6,8H2,1-2H3. The van der Waals surface area contributed by atoms with Crippen LogP contribution < -0.4 is 0 Å². The van der Waals surface area contributed by atoms with Crippen molar-refractivity contribution < 1.29 is 5.11 Å². The van der Waals surface area contributed by atoms with Gasteiger partial charge in [0.05, 0.1) is 12.3 Å². The fourth-order valence-electron chi connectivity index (χ4n) is 3.38. The third kappa shape index (κ3) is 1.95. The van der Waals surface area contributed by atoms with E-state index in [1.165, 1.54) is 6.42 Å². The van der Waals surface area contributed by atoms with Crippen LogP contribution in [0.2, 0.25) is 0 Å². The largest absolute Gasteiger partial charge is 0.395 e. The summed E-state index contributed by atoms with van der Waals surface area (Å²) < 4.78 is 1.94. The molecule has 3 fully saturated rings. The van der Waals surface area contributed by atoms with Crippen molar-refractivity contribution in [2.24, 2.45) is 5.92 Å². The van der Waals surface area contributed by atoms with E-state index in [9.17, 15) is 5.11 Å². The summed E-state index contributed by atoms with van der Waals surface area (Å²) in [6.07, 6.45) is 4.44. The Balaban J connectivity index is 1.77. The molecule has 1 N–H and O–H groups in total. The predicted octanol–water partition coefficient (Wildman–Crippen LogP) is 1.03. The molecule has 4 atom stereocenters. The van der Waals surface area contributed by atoms with Crippen LogP contribution >= 0.6 is 0 Å². The molecule has 2 bridgehead atoms. The topological polar surface area (TPSA) is 54.2 Å². The van der Waals surface area contributed by atoms with Gasteiger partial charge < -0.3 is 5.11 Å². The lowest BCUT2D eigenvalue weighted by Crippen LogP contribution is -2.53. The van der Waals surface area contributed by atoms with Crippen LogP contribution in [0.5, 0.6) is 0 Å². The minimum absolute atomic E-state index is 0.294. The zero-order valence-electron chi connectivity index (χ0n) is 11.2. The van der Waals surface area contributed by atoms with E-state index >= 15 is 0 Å². The van der Waals surface area contributed by atoms with E-state index in [1.807, 2.05) is 4.68 Å². The van der Waals surface area contributed by atoms with Gasteiger partial charge in [-0.2, -0.15) is 0 Å². The lowest BCUT2D eigenvalue weighted by Gasteiger charge is -2.48. The molecule has 5 nitrogen and oxygen atoms in total. The molecule has 4 heterocycles. The Morgan fingerprint density at radius 1 is 1.50 bits per heavy atom. The van der Waals surface area contributed by atoms with E-state index in [4.69, 9.17) is 0 Å². The molecule has 18 heavy (non-hydrogen) atoms. The summed E-state index contributed by atoms with van der Waals surface area (Å²) in [6, 6.07) is 0.748. The third-order valence-electron chi connectivity index (χ3n) is 4.53. The summed E-state index contributed by atoms with van der Waals surface area (Å²) in [6.45, 7) is 6.70. The van der Waals surface area contributed by atoms with Crippen molar-refractivity contribution in [3.05, 3.63) is 11.9 Å². The van der Waals surface area contributed by atoms with E-state index in [-0.39, 0.29) is 0 Å². The minimum atomic E-state index is 0.294. The van der Waals surface area contributed by atoms with Crippen LogP contribution in [0.1, 0.15) is 44.3 Å². The molecule has 100 valence electrons. The summed E-state index contributed by atoms with van der Waals surface area (Å²) >= 11 is 0. The smallest absolute Gasteiger partial charge is 0.0873 e. The number of hydrogen-bond donors (Lipinski definition) is 1. The lowest BCUT2D eigenvalue weighted by atomic mass is 9.74. The molecule has 3 aliphatic rings. The molecule has 0 aliphatic carbocycles. The van der Waals surface area contributed by atoms with Gasteiger partial charge in [-0.1, -0.05) is 5.21 Å². The van der Waals surface area contributed by atoms with Crippen LogP contribution in [0.3, 0.4) is 0 Å². The van der Waals surface area contributed by atoms with E-state index in [2.05, 4.69) is 35.3 Å². The van der Waals surface area contributed by atoms with Gasteiger partial charge in [-0.25, -0.2) is 4.68 Å². The van der Waals surface area contributed by atoms with Gasteiger partial charge in [0.1, 0.15) is 0 Å². The van der Waals surface area contributed by atoms with Crippen molar-refractivity contribution >= 4 is 0 Å². The van der Waals surface area contributed by atoms with Crippen LogP contribution in [-0.2, 0) is 0 Å².